The highest BCUT2D eigenvalue weighted by Gasteiger charge is 2.51. The molecule has 9 aromatic carbocycles. The number of hydrogen-bond donors (Lipinski definition) is 0. The predicted octanol–water partition coefficient (Wildman–Crippen LogP) is 15.5. The van der Waals surface area contributed by atoms with Crippen molar-refractivity contribution >= 4 is 65.6 Å². The summed E-state index contributed by atoms with van der Waals surface area (Å²) in [5.74, 6) is 1.79. The summed E-state index contributed by atoms with van der Waals surface area (Å²) >= 11 is 1.85. The van der Waals surface area contributed by atoms with Gasteiger partial charge in [-0.15, -0.1) is 11.3 Å². The summed E-state index contributed by atoms with van der Waals surface area (Å²) in [7, 11) is 0. The number of thiophene rings is 1. The zero-order valence-electron chi connectivity index (χ0n) is 32.0. The van der Waals surface area contributed by atoms with E-state index in [-0.39, 0.29) is 0 Å². The third-order valence-electron chi connectivity index (χ3n) is 12.1. The van der Waals surface area contributed by atoms with Gasteiger partial charge < -0.3 is 14.5 Å². The molecule has 4 heteroatoms. The number of anilines is 6. The zero-order chi connectivity index (χ0) is 38.9. The molecule has 1 aliphatic heterocycles. The maximum Gasteiger partial charge on any atom is 0.132 e. The van der Waals surface area contributed by atoms with E-state index in [1.54, 1.807) is 0 Å². The highest BCUT2D eigenvalue weighted by Crippen LogP contribution is 2.64. The Kier molecular flexibility index (Phi) is 7.62. The maximum absolute atomic E-state index is 6.63. The van der Waals surface area contributed by atoms with Crippen molar-refractivity contribution in [3.05, 3.63) is 241 Å². The van der Waals surface area contributed by atoms with Crippen LogP contribution in [0.2, 0.25) is 0 Å². The largest absolute Gasteiger partial charge is 0.457 e. The molecule has 0 unspecified atom stereocenters. The molecular weight excluding hydrogens is 737 g/mol. The van der Waals surface area contributed by atoms with E-state index in [0.717, 1.165) is 56.8 Å². The summed E-state index contributed by atoms with van der Waals surface area (Å²) in [6.07, 6.45) is 0. The third kappa shape index (κ3) is 5.07. The molecule has 0 fully saturated rings. The Morgan fingerprint density at radius 1 is 0.356 bits per heavy atom. The van der Waals surface area contributed by atoms with Crippen LogP contribution in [0, 0.1) is 0 Å². The average Bonchev–Trinajstić information content (AvgIpc) is 3.81. The molecule has 0 radical (unpaired) electrons. The zero-order valence-corrected chi connectivity index (χ0v) is 32.8. The molecule has 0 amide bonds. The van der Waals surface area contributed by atoms with Gasteiger partial charge in [0.25, 0.3) is 0 Å². The number of hydrogen-bond acceptors (Lipinski definition) is 4. The SMILES string of the molecule is c1ccc(N(c2ccccc2)c2ccc3sc4cc(N(c5ccccc5)c5cccc6c5-c5ccccc5C65c6ccccc6Oc6ccccc65)ccc4c3c2)cc1. The molecule has 10 aromatic rings. The quantitative estimate of drug-likeness (QED) is 0.167. The van der Waals surface area contributed by atoms with Crippen LogP contribution in [-0.2, 0) is 5.41 Å². The number of fused-ring (bicyclic) bond motifs is 12. The fourth-order valence-corrected chi connectivity index (χ4v) is 10.8. The number of ether oxygens (including phenoxy) is 1. The van der Waals surface area contributed by atoms with Gasteiger partial charge in [0.2, 0.25) is 0 Å². The van der Waals surface area contributed by atoms with E-state index < -0.39 is 5.41 Å². The number of benzene rings is 9. The van der Waals surface area contributed by atoms with Gasteiger partial charge in [0, 0.05) is 65.3 Å². The van der Waals surface area contributed by atoms with Crippen LogP contribution >= 0.6 is 11.3 Å². The summed E-state index contributed by atoms with van der Waals surface area (Å²) in [6.45, 7) is 0. The summed E-state index contributed by atoms with van der Waals surface area (Å²) in [6, 6.07) is 78.9. The second-order valence-corrected chi connectivity index (χ2v) is 16.3. The van der Waals surface area contributed by atoms with Crippen molar-refractivity contribution in [2.45, 2.75) is 5.41 Å². The maximum atomic E-state index is 6.63. The van der Waals surface area contributed by atoms with Crippen molar-refractivity contribution in [3.63, 3.8) is 0 Å². The van der Waals surface area contributed by atoms with Crippen molar-refractivity contribution in [2.75, 3.05) is 9.80 Å². The highest BCUT2D eigenvalue weighted by molar-refractivity contribution is 7.25. The minimum atomic E-state index is -0.545. The van der Waals surface area contributed by atoms with Crippen molar-refractivity contribution in [3.8, 4) is 22.6 Å². The Morgan fingerprint density at radius 3 is 1.54 bits per heavy atom. The standard InChI is InChI=1S/C55H36N2OS/c1-4-17-37(18-5-1)56(38-19-6-2-7-20-38)40-32-34-52-44(35-40)42-33-31-41(36-53(42)59-52)57(39-21-8-3-9-22-39)49-28-16-27-48-54(49)43-23-10-11-24-45(43)55(48)46-25-12-14-29-50(46)58-51-30-15-13-26-47(51)55/h1-36H. The van der Waals surface area contributed by atoms with Crippen LogP contribution < -0.4 is 14.5 Å². The lowest BCUT2D eigenvalue weighted by atomic mass is 9.66. The summed E-state index contributed by atoms with van der Waals surface area (Å²) in [5, 5.41) is 2.51. The molecule has 1 spiro atoms. The van der Waals surface area contributed by atoms with Crippen molar-refractivity contribution in [2.24, 2.45) is 0 Å². The molecule has 1 aliphatic carbocycles. The van der Waals surface area contributed by atoms with Crippen molar-refractivity contribution in [1.82, 2.24) is 0 Å². The van der Waals surface area contributed by atoms with Crippen LogP contribution in [-0.4, -0.2) is 0 Å². The van der Waals surface area contributed by atoms with Gasteiger partial charge in [-0.2, -0.15) is 0 Å². The van der Waals surface area contributed by atoms with Crippen LogP contribution in [0.15, 0.2) is 218 Å². The number of nitrogens with zero attached hydrogens (tertiary/aromatic N) is 2. The fourth-order valence-electron chi connectivity index (χ4n) is 9.71. The Labute approximate surface area is 347 Å². The first kappa shape index (κ1) is 33.7. The molecule has 278 valence electrons. The van der Waals surface area contributed by atoms with E-state index in [9.17, 15) is 0 Å². The van der Waals surface area contributed by atoms with Gasteiger partial charge in [-0.05, 0) is 102 Å². The predicted molar refractivity (Wildman–Crippen MR) is 246 cm³/mol. The lowest BCUT2D eigenvalue weighted by Gasteiger charge is -2.39. The molecule has 1 aromatic heterocycles. The minimum Gasteiger partial charge on any atom is -0.457 e. The highest BCUT2D eigenvalue weighted by atomic mass is 32.1. The molecule has 12 rings (SSSR count). The van der Waals surface area contributed by atoms with Gasteiger partial charge in [0.15, 0.2) is 0 Å². The monoisotopic (exact) mass is 772 g/mol. The van der Waals surface area contributed by atoms with Crippen molar-refractivity contribution < 1.29 is 4.74 Å². The van der Waals surface area contributed by atoms with Crippen LogP contribution in [0.1, 0.15) is 22.3 Å². The first-order chi connectivity index (χ1) is 29.3. The van der Waals surface area contributed by atoms with E-state index >= 15 is 0 Å². The van der Waals surface area contributed by atoms with Gasteiger partial charge in [0.05, 0.1) is 11.1 Å². The molecule has 2 heterocycles. The second kappa shape index (κ2) is 13.3. The Morgan fingerprint density at radius 2 is 0.881 bits per heavy atom. The Bertz CT molecular complexity index is 3130. The van der Waals surface area contributed by atoms with Gasteiger partial charge in [-0.3, -0.25) is 0 Å². The summed E-state index contributed by atoms with van der Waals surface area (Å²) in [5.41, 5.74) is 13.6. The normalized spacial score (nSPS) is 13.0. The molecule has 3 nitrogen and oxygen atoms in total. The molecule has 2 aliphatic rings. The minimum absolute atomic E-state index is 0.545. The summed E-state index contributed by atoms with van der Waals surface area (Å²) in [4.78, 5) is 4.79. The number of rotatable bonds is 6. The third-order valence-corrected chi connectivity index (χ3v) is 13.2. The molecule has 0 saturated heterocycles. The van der Waals surface area contributed by atoms with E-state index in [4.69, 9.17) is 4.74 Å². The lowest BCUT2D eigenvalue weighted by molar-refractivity contribution is 0.436. The molecule has 0 bridgehead atoms. The van der Waals surface area contributed by atoms with Crippen LogP contribution in [0.25, 0.3) is 31.3 Å². The average molecular weight is 773 g/mol. The number of para-hydroxylation sites is 5. The second-order valence-electron chi connectivity index (χ2n) is 15.2. The molecule has 0 saturated carbocycles. The lowest BCUT2D eigenvalue weighted by Crippen LogP contribution is -2.32. The topological polar surface area (TPSA) is 15.7 Å². The smallest absolute Gasteiger partial charge is 0.132 e. The van der Waals surface area contributed by atoms with E-state index in [2.05, 4.69) is 228 Å². The fraction of sp³-hybridized carbons (Fsp3) is 0.0182. The first-order valence-electron chi connectivity index (χ1n) is 20.1. The summed E-state index contributed by atoms with van der Waals surface area (Å²) < 4.78 is 9.14. The molecule has 59 heavy (non-hydrogen) atoms. The van der Waals surface area contributed by atoms with Gasteiger partial charge >= 0.3 is 0 Å². The van der Waals surface area contributed by atoms with Gasteiger partial charge in [0.1, 0.15) is 11.5 Å². The molecule has 0 atom stereocenters. The first-order valence-corrected chi connectivity index (χ1v) is 20.9. The van der Waals surface area contributed by atoms with Gasteiger partial charge in [-0.25, -0.2) is 0 Å². The molecule has 0 N–H and O–H groups in total. The van der Waals surface area contributed by atoms with Crippen LogP contribution in [0.3, 0.4) is 0 Å². The van der Waals surface area contributed by atoms with E-state index in [1.807, 2.05) is 11.3 Å². The van der Waals surface area contributed by atoms with E-state index in [0.29, 0.717) is 0 Å². The van der Waals surface area contributed by atoms with Crippen LogP contribution in [0.4, 0.5) is 34.1 Å². The van der Waals surface area contributed by atoms with Gasteiger partial charge in [-0.1, -0.05) is 133 Å². The Hall–Kier alpha value is -7.40. The van der Waals surface area contributed by atoms with Crippen LogP contribution in [0.5, 0.6) is 11.5 Å². The Balaban J connectivity index is 1.06. The van der Waals surface area contributed by atoms with E-state index in [1.165, 1.54) is 42.4 Å². The molecular formula is C55H36N2OS. The van der Waals surface area contributed by atoms with Crippen molar-refractivity contribution in [1.29, 1.82) is 0 Å².